The van der Waals surface area contributed by atoms with Gasteiger partial charge in [-0.3, -0.25) is 9.48 Å². The highest BCUT2D eigenvalue weighted by Gasteiger charge is 2.10. The van der Waals surface area contributed by atoms with Crippen molar-refractivity contribution < 1.29 is 4.79 Å². The van der Waals surface area contributed by atoms with E-state index in [0.29, 0.717) is 22.7 Å². The average molecular weight is 264 g/mol. The summed E-state index contributed by atoms with van der Waals surface area (Å²) in [6.07, 6.45) is 3.90. The predicted octanol–water partition coefficient (Wildman–Crippen LogP) is 2.56. The van der Waals surface area contributed by atoms with Gasteiger partial charge >= 0.3 is 0 Å². The Morgan fingerprint density at radius 2 is 2.28 bits per heavy atom. The summed E-state index contributed by atoms with van der Waals surface area (Å²) in [7, 11) is 0. The summed E-state index contributed by atoms with van der Waals surface area (Å²) >= 11 is 5.89. The van der Waals surface area contributed by atoms with E-state index in [2.05, 4.69) is 5.10 Å². The largest absolute Gasteiger partial charge is 0.398 e. The van der Waals surface area contributed by atoms with Gasteiger partial charge in [0.15, 0.2) is 5.78 Å². The third-order valence-corrected chi connectivity index (χ3v) is 3.03. The first kappa shape index (κ1) is 12.6. The van der Waals surface area contributed by atoms with Crippen LogP contribution in [0.2, 0.25) is 5.02 Å². The van der Waals surface area contributed by atoms with Crippen molar-refractivity contribution in [3.8, 4) is 0 Å². The van der Waals surface area contributed by atoms with E-state index in [9.17, 15) is 4.79 Å². The fraction of sp³-hybridized carbons (Fsp3) is 0.231. The Kier molecular flexibility index (Phi) is 3.67. The number of hydrogen-bond acceptors (Lipinski definition) is 3. The SMILES string of the molecule is CCn1cc(CC(=O)c2ccc(N)c(Cl)c2)cn1. The van der Waals surface area contributed by atoms with Gasteiger partial charge in [0.05, 0.1) is 16.9 Å². The first-order valence-corrected chi connectivity index (χ1v) is 6.07. The lowest BCUT2D eigenvalue weighted by Gasteiger charge is -2.02. The molecule has 0 bridgehead atoms. The van der Waals surface area contributed by atoms with Crippen LogP contribution in [0.3, 0.4) is 0 Å². The Bertz CT molecular complexity index is 577. The summed E-state index contributed by atoms with van der Waals surface area (Å²) in [6, 6.07) is 4.93. The molecule has 2 N–H and O–H groups in total. The molecule has 2 rings (SSSR count). The molecule has 1 aromatic carbocycles. The van der Waals surface area contributed by atoms with Crippen LogP contribution in [0.4, 0.5) is 5.69 Å². The number of ketones is 1. The molecular weight excluding hydrogens is 250 g/mol. The molecule has 5 heteroatoms. The second-order valence-corrected chi connectivity index (χ2v) is 4.45. The van der Waals surface area contributed by atoms with E-state index in [1.807, 2.05) is 13.1 Å². The van der Waals surface area contributed by atoms with Gasteiger partial charge in [-0.2, -0.15) is 5.10 Å². The first-order valence-electron chi connectivity index (χ1n) is 5.69. The highest BCUT2D eigenvalue weighted by molar-refractivity contribution is 6.33. The Balaban J connectivity index is 2.14. The lowest BCUT2D eigenvalue weighted by atomic mass is 10.1. The van der Waals surface area contributed by atoms with Gasteiger partial charge in [0.1, 0.15) is 0 Å². The van der Waals surface area contributed by atoms with E-state index in [-0.39, 0.29) is 5.78 Å². The number of anilines is 1. The summed E-state index contributed by atoms with van der Waals surface area (Å²) in [5, 5.41) is 4.54. The summed E-state index contributed by atoms with van der Waals surface area (Å²) in [6.45, 7) is 2.79. The van der Waals surface area contributed by atoms with E-state index >= 15 is 0 Å². The molecule has 18 heavy (non-hydrogen) atoms. The maximum atomic E-state index is 12.0. The molecule has 0 saturated carbocycles. The van der Waals surface area contributed by atoms with Crippen molar-refractivity contribution in [2.24, 2.45) is 0 Å². The second-order valence-electron chi connectivity index (χ2n) is 4.04. The number of halogens is 1. The Morgan fingerprint density at radius 1 is 1.50 bits per heavy atom. The predicted molar refractivity (Wildman–Crippen MR) is 71.8 cm³/mol. The van der Waals surface area contributed by atoms with Crippen molar-refractivity contribution in [1.29, 1.82) is 0 Å². The summed E-state index contributed by atoms with van der Waals surface area (Å²) < 4.78 is 1.79. The Morgan fingerprint density at radius 3 is 2.89 bits per heavy atom. The number of nitrogen functional groups attached to an aromatic ring is 1. The highest BCUT2D eigenvalue weighted by Crippen LogP contribution is 2.20. The van der Waals surface area contributed by atoms with Gasteiger partial charge in [0.2, 0.25) is 0 Å². The zero-order valence-electron chi connectivity index (χ0n) is 10.1. The van der Waals surface area contributed by atoms with Crippen molar-refractivity contribution in [3.63, 3.8) is 0 Å². The fourth-order valence-corrected chi connectivity index (χ4v) is 1.84. The number of Topliss-reactive ketones (excluding diaryl/α,β-unsaturated/α-hetero) is 1. The molecule has 0 aliphatic rings. The van der Waals surface area contributed by atoms with Crippen LogP contribution < -0.4 is 5.73 Å². The van der Waals surface area contributed by atoms with Gasteiger partial charge in [-0.25, -0.2) is 0 Å². The molecule has 0 unspecified atom stereocenters. The van der Waals surface area contributed by atoms with Crippen LogP contribution in [-0.2, 0) is 13.0 Å². The van der Waals surface area contributed by atoms with Crippen LogP contribution in [0.25, 0.3) is 0 Å². The van der Waals surface area contributed by atoms with Gasteiger partial charge < -0.3 is 5.73 Å². The maximum Gasteiger partial charge on any atom is 0.167 e. The number of hydrogen-bond donors (Lipinski definition) is 1. The van der Waals surface area contributed by atoms with Crippen LogP contribution in [0.1, 0.15) is 22.8 Å². The topological polar surface area (TPSA) is 60.9 Å². The molecule has 4 nitrogen and oxygen atoms in total. The Hall–Kier alpha value is -1.81. The monoisotopic (exact) mass is 263 g/mol. The number of aromatic nitrogens is 2. The number of carbonyl (C=O) groups is 1. The van der Waals surface area contributed by atoms with Crippen molar-refractivity contribution in [1.82, 2.24) is 9.78 Å². The number of carbonyl (C=O) groups excluding carboxylic acids is 1. The minimum atomic E-state index is 0.00699. The van der Waals surface area contributed by atoms with Crippen molar-refractivity contribution >= 4 is 23.1 Å². The average Bonchev–Trinajstić information content (AvgIpc) is 2.80. The van der Waals surface area contributed by atoms with Gasteiger partial charge in [0.25, 0.3) is 0 Å². The molecule has 0 spiro atoms. The van der Waals surface area contributed by atoms with Crippen LogP contribution in [0, 0.1) is 0 Å². The molecule has 0 radical (unpaired) electrons. The maximum absolute atomic E-state index is 12.0. The lowest BCUT2D eigenvalue weighted by Crippen LogP contribution is -2.03. The van der Waals surface area contributed by atoms with Gasteiger partial charge in [0, 0.05) is 24.7 Å². The van der Waals surface area contributed by atoms with Gasteiger partial charge in [-0.15, -0.1) is 0 Å². The number of nitrogens with two attached hydrogens (primary N) is 1. The third-order valence-electron chi connectivity index (χ3n) is 2.70. The van der Waals surface area contributed by atoms with Crippen LogP contribution in [-0.4, -0.2) is 15.6 Å². The zero-order valence-corrected chi connectivity index (χ0v) is 10.8. The van der Waals surface area contributed by atoms with Crippen LogP contribution in [0.15, 0.2) is 30.6 Å². The lowest BCUT2D eigenvalue weighted by molar-refractivity contribution is 0.0993. The van der Waals surface area contributed by atoms with E-state index in [4.69, 9.17) is 17.3 Å². The molecular formula is C13H14ClN3O. The Labute approximate surface area is 110 Å². The molecule has 0 amide bonds. The van der Waals surface area contributed by atoms with Crippen LogP contribution >= 0.6 is 11.6 Å². The molecule has 94 valence electrons. The second kappa shape index (κ2) is 5.23. The standard InChI is InChI=1S/C13H14ClN3O/c1-2-17-8-9(7-16-17)5-13(18)10-3-4-12(15)11(14)6-10/h3-4,6-8H,2,5,15H2,1H3. The van der Waals surface area contributed by atoms with E-state index in [0.717, 1.165) is 12.1 Å². The molecule has 1 aromatic heterocycles. The van der Waals surface area contributed by atoms with Crippen molar-refractivity contribution in [2.45, 2.75) is 19.9 Å². The van der Waals surface area contributed by atoms with Crippen molar-refractivity contribution in [2.75, 3.05) is 5.73 Å². The van der Waals surface area contributed by atoms with E-state index < -0.39 is 0 Å². The summed E-state index contributed by atoms with van der Waals surface area (Å²) in [5.74, 6) is 0.00699. The number of nitrogens with zero attached hydrogens (tertiary/aromatic N) is 2. The molecule has 0 aliphatic carbocycles. The third kappa shape index (κ3) is 2.71. The number of rotatable bonds is 4. The van der Waals surface area contributed by atoms with Gasteiger partial charge in [-0.1, -0.05) is 11.6 Å². The number of benzene rings is 1. The van der Waals surface area contributed by atoms with Crippen LogP contribution in [0.5, 0.6) is 0 Å². The molecule has 2 aromatic rings. The molecule has 1 heterocycles. The minimum Gasteiger partial charge on any atom is -0.398 e. The normalized spacial score (nSPS) is 10.6. The fourth-order valence-electron chi connectivity index (χ4n) is 1.66. The highest BCUT2D eigenvalue weighted by atomic mass is 35.5. The summed E-state index contributed by atoms with van der Waals surface area (Å²) in [4.78, 5) is 12.0. The molecule has 0 atom stereocenters. The molecule has 0 fully saturated rings. The molecule has 0 aliphatic heterocycles. The summed E-state index contributed by atoms with van der Waals surface area (Å²) in [5.41, 5.74) is 7.55. The zero-order chi connectivity index (χ0) is 13.1. The number of aryl methyl sites for hydroxylation is 1. The van der Waals surface area contributed by atoms with Crippen molar-refractivity contribution in [3.05, 3.63) is 46.7 Å². The smallest absolute Gasteiger partial charge is 0.167 e. The van der Waals surface area contributed by atoms with E-state index in [1.165, 1.54) is 0 Å². The van der Waals surface area contributed by atoms with Gasteiger partial charge in [-0.05, 0) is 30.7 Å². The quantitative estimate of drug-likeness (QED) is 0.681. The molecule has 0 saturated heterocycles. The van der Waals surface area contributed by atoms with E-state index in [1.54, 1.807) is 29.1 Å². The first-order chi connectivity index (χ1) is 8.60. The minimum absolute atomic E-state index is 0.00699.